The number of pyridine rings is 1. The van der Waals surface area contributed by atoms with E-state index in [1.807, 2.05) is 47.5 Å². The summed E-state index contributed by atoms with van der Waals surface area (Å²) in [6.07, 6.45) is 7.34. The van der Waals surface area contributed by atoms with Gasteiger partial charge in [0.05, 0.1) is 5.41 Å². The van der Waals surface area contributed by atoms with Crippen molar-refractivity contribution < 1.29 is 4.79 Å². The first-order chi connectivity index (χ1) is 14.1. The molecule has 1 unspecified atom stereocenters. The molecule has 1 amide bonds. The maximum Gasteiger partial charge on any atom is 0.229 e. The van der Waals surface area contributed by atoms with Gasteiger partial charge in [0.2, 0.25) is 5.91 Å². The third-order valence-electron chi connectivity index (χ3n) is 6.57. The van der Waals surface area contributed by atoms with Crippen LogP contribution in [0.5, 0.6) is 0 Å². The van der Waals surface area contributed by atoms with Crippen LogP contribution in [0.25, 0.3) is 0 Å². The zero-order valence-electron chi connectivity index (χ0n) is 17.6. The first-order valence-electron chi connectivity index (χ1n) is 10.5. The monoisotopic (exact) mass is 484 g/mol. The number of amides is 1. The lowest BCUT2D eigenvalue weighted by molar-refractivity contribution is -0.138. The molecule has 2 saturated heterocycles. The number of nitrogens with zero attached hydrogens (tertiary/aromatic N) is 3. The fourth-order valence-corrected chi connectivity index (χ4v) is 4.95. The number of carbonyl (C=O) groups is 1. The van der Waals surface area contributed by atoms with Gasteiger partial charge in [-0.05, 0) is 68.6 Å². The van der Waals surface area contributed by atoms with E-state index in [0.717, 1.165) is 68.0 Å². The Hall–Kier alpha value is -1.37. The van der Waals surface area contributed by atoms with Gasteiger partial charge in [0.1, 0.15) is 0 Å². The van der Waals surface area contributed by atoms with Gasteiger partial charge in [-0.25, -0.2) is 0 Å². The van der Waals surface area contributed by atoms with Crippen LogP contribution in [0.15, 0.2) is 48.8 Å². The van der Waals surface area contributed by atoms with Crippen molar-refractivity contribution in [1.82, 2.24) is 14.8 Å². The number of hydrogen-bond donors (Lipinski definition) is 1. The number of likely N-dealkylation sites (tertiary alicyclic amines) is 2. The molecule has 1 atom stereocenters. The minimum atomic E-state index is -0.163. The molecular formula is C23H31Cl3N4O. The fourth-order valence-electron chi connectivity index (χ4n) is 4.68. The van der Waals surface area contributed by atoms with Crippen LogP contribution in [0.2, 0.25) is 5.02 Å². The maximum atomic E-state index is 13.1. The van der Waals surface area contributed by atoms with Crippen molar-refractivity contribution in [2.24, 2.45) is 11.1 Å². The Morgan fingerprint density at radius 3 is 2.45 bits per heavy atom. The minimum Gasteiger partial charge on any atom is -0.338 e. The van der Waals surface area contributed by atoms with Crippen LogP contribution >= 0.6 is 36.4 Å². The number of benzene rings is 1. The van der Waals surface area contributed by atoms with Gasteiger partial charge in [-0.15, -0.1) is 24.8 Å². The Labute approximate surface area is 202 Å². The van der Waals surface area contributed by atoms with Crippen LogP contribution in [0, 0.1) is 5.41 Å². The molecular weight excluding hydrogens is 455 g/mol. The Morgan fingerprint density at radius 1 is 1.06 bits per heavy atom. The van der Waals surface area contributed by atoms with Crippen molar-refractivity contribution >= 4 is 42.3 Å². The average Bonchev–Trinajstić information content (AvgIpc) is 3.04. The van der Waals surface area contributed by atoms with E-state index in [1.165, 1.54) is 0 Å². The molecule has 1 aromatic carbocycles. The quantitative estimate of drug-likeness (QED) is 0.655. The number of piperidine rings is 1. The van der Waals surface area contributed by atoms with Crippen LogP contribution < -0.4 is 5.73 Å². The molecule has 2 aliphatic heterocycles. The zero-order valence-corrected chi connectivity index (χ0v) is 20.0. The Morgan fingerprint density at radius 2 is 1.77 bits per heavy atom. The van der Waals surface area contributed by atoms with Crippen molar-refractivity contribution in [3.05, 3.63) is 64.9 Å². The minimum absolute atomic E-state index is 0. The molecule has 4 rings (SSSR count). The summed E-state index contributed by atoms with van der Waals surface area (Å²) in [7, 11) is 0. The molecule has 2 aliphatic rings. The molecule has 3 heterocycles. The SMILES string of the molecule is Cl.Cl.NC(CCN1CCC2(CC1)CCN(Cc1cccnc1)C2=O)c1ccccc1Cl. The highest BCUT2D eigenvalue weighted by molar-refractivity contribution is 6.31. The molecule has 1 spiro atoms. The summed E-state index contributed by atoms with van der Waals surface area (Å²) in [5.74, 6) is 0.328. The maximum absolute atomic E-state index is 13.1. The van der Waals surface area contributed by atoms with E-state index in [0.29, 0.717) is 12.5 Å². The van der Waals surface area contributed by atoms with Crippen LogP contribution in [-0.2, 0) is 11.3 Å². The topological polar surface area (TPSA) is 62.5 Å². The van der Waals surface area contributed by atoms with Gasteiger partial charge in [-0.2, -0.15) is 0 Å². The predicted octanol–water partition coefficient (Wildman–Crippen LogP) is 4.48. The molecule has 0 saturated carbocycles. The van der Waals surface area contributed by atoms with E-state index in [2.05, 4.69) is 9.88 Å². The van der Waals surface area contributed by atoms with Crippen molar-refractivity contribution in [3.8, 4) is 0 Å². The van der Waals surface area contributed by atoms with Crippen molar-refractivity contribution in [3.63, 3.8) is 0 Å². The Balaban J connectivity index is 0.00000171. The van der Waals surface area contributed by atoms with Crippen molar-refractivity contribution in [2.75, 3.05) is 26.2 Å². The highest BCUT2D eigenvalue weighted by atomic mass is 35.5. The lowest BCUT2D eigenvalue weighted by Crippen LogP contribution is -2.45. The van der Waals surface area contributed by atoms with E-state index in [-0.39, 0.29) is 36.3 Å². The van der Waals surface area contributed by atoms with Crippen molar-refractivity contribution in [2.45, 2.75) is 38.3 Å². The molecule has 0 bridgehead atoms. The van der Waals surface area contributed by atoms with E-state index >= 15 is 0 Å². The highest BCUT2D eigenvalue weighted by Crippen LogP contribution is 2.42. The molecule has 5 nitrogen and oxygen atoms in total. The van der Waals surface area contributed by atoms with E-state index in [9.17, 15) is 4.79 Å². The molecule has 170 valence electrons. The lowest BCUT2D eigenvalue weighted by Gasteiger charge is -2.38. The van der Waals surface area contributed by atoms with Gasteiger partial charge in [-0.3, -0.25) is 9.78 Å². The first-order valence-corrected chi connectivity index (χ1v) is 10.9. The second-order valence-corrected chi connectivity index (χ2v) is 8.78. The fraction of sp³-hybridized carbons (Fsp3) is 0.478. The first kappa shape index (κ1) is 25.9. The summed E-state index contributed by atoms with van der Waals surface area (Å²) in [6.45, 7) is 4.38. The number of halogens is 3. The number of rotatable bonds is 6. The largest absolute Gasteiger partial charge is 0.338 e. The van der Waals surface area contributed by atoms with Crippen LogP contribution in [0.1, 0.15) is 42.9 Å². The molecule has 0 aliphatic carbocycles. The second-order valence-electron chi connectivity index (χ2n) is 8.38. The third kappa shape index (κ3) is 5.91. The lowest BCUT2D eigenvalue weighted by atomic mass is 9.77. The van der Waals surface area contributed by atoms with Crippen molar-refractivity contribution in [1.29, 1.82) is 0 Å². The summed E-state index contributed by atoms with van der Waals surface area (Å²) >= 11 is 6.27. The Kier molecular flexibility index (Phi) is 9.59. The summed E-state index contributed by atoms with van der Waals surface area (Å²) in [5.41, 5.74) is 8.32. The summed E-state index contributed by atoms with van der Waals surface area (Å²) in [5, 5.41) is 0.739. The number of nitrogens with two attached hydrogens (primary N) is 1. The molecule has 1 aromatic heterocycles. The molecule has 2 aromatic rings. The smallest absolute Gasteiger partial charge is 0.229 e. The van der Waals surface area contributed by atoms with E-state index in [4.69, 9.17) is 17.3 Å². The standard InChI is InChI=1S/C23H29ClN4O.2ClH/c24-20-6-2-1-5-19(20)21(25)7-12-27-13-8-23(9-14-27)10-15-28(22(23)29)17-18-4-3-11-26-16-18;;/h1-6,11,16,21H,7-10,12-15,17,25H2;2*1H. The molecule has 8 heteroatoms. The summed E-state index contributed by atoms with van der Waals surface area (Å²) < 4.78 is 0. The molecule has 31 heavy (non-hydrogen) atoms. The van der Waals surface area contributed by atoms with Crippen LogP contribution in [-0.4, -0.2) is 46.9 Å². The zero-order chi connectivity index (χ0) is 20.3. The number of carbonyl (C=O) groups excluding carboxylic acids is 1. The van der Waals surface area contributed by atoms with Gasteiger partial charge >= 0.3 is 0 Å². The molecule has 2 fully saturated rings. The van der Waals surface area contributed by atoms with Gasteiger partial charge in [0, 0.05) is 36.5 Å². The van der Waals surface area contributed by atoms with Gasteiger partial charge in [0.25, 0.3) is 0 Å². The van der Waals surface area contributed by atoms with Gasteiger partial charge < -0.3 is 15.5 Å². The molecule has 0 radical (unpaired) electrons. The molecule has 2 N–H and O–H groups in total. The van der Waals surface area contributed by atoms with Crippen LogP contribution in [0.4, 0.5) is 0 Å². The van der Waals surface area contributed by atoms with E-state index < -0.39 is 0 Å². The number of hydrogen-bond acceptors (Lipinski definition) is 4. The normalized spacial score (nSPS) is 19.0. The summed E-state index contributed by atoms with van der Waals surface area (Å²) in [6, 6.07) is 11.7. The van der Waals surface area contributed by atoms with E-state index in [1.54, 1.807) is 6.20 Å². The van der Waals surface area contributed by atoms with Gasteiger partial charge in [-0.1, -0.05) is 35.9 Å². The van der Waals surface area contributed by atoms with Crippen LogP contribution in [0.3, 0.4) is 0 Å². The number of aromatic nitrogens is 1. The average molecular weight is 486 g/mol. The highest BCUT2D eigenvalue weighted by Gasteiger charge is 2.47. The Bertz CT molecular complexity index is 844. The third-order valence-corrected chi connectivity index (χ3v) is 6.92. The summed E-state index contributed by atoms with van der Waals surface area (Å²) in [4.78, 5) is 21.8. The second kappa shape index (κ2) is 11.5. The van der Waals surface area contributed by atoms with Gasteiger partial charge in [0.15, 0.2) is 0 Å². The predicted molar refractivity (Wildman–Crippen MR) is 130 cm³/mol.